The van der Waals surface area contributed by atoms with Crippen molar-refractivity contribution in [3.8, 4) is 6.07 Å². The Labute approximate surface area is 113 Å². The van der Waals surface area contributed by atoms with E-state index >= 15 is 0 Å². The van der Waals surface area contributed by atoms with Crippen LogP contribution in [0.25, 0.3) is 0 Å². The Balaban J connectivity index is 2.20. The lowest BCUT2D eigenvalue weighted by Crippen LogP contribution is -2.44. The molecular formula is C14H20N3O2+. The van der Waals surface area contributed by atoms with E-state index in [0.717, 1.165) is 6.42 Å². The molecule has 1 unspecified atom stereocenters. The van der Waals surface area contributed by atoms with Crippen molar-refractivity contribution in [1.82, 2.24) is 5.06 Å². The molecule has 19 heavy (non-hydrogen) atoms. The molecule has 2 rings (SSSR count). The summed E-state index contributed by atoms with van der Waals surface area (Å²) in [6.07, 6.45) is 4.68. The van der Waals surface area contributed by atoms with Gasteiger partial charge in [-0.1, -0.05) is 20.8 Å². The van der Waals surface area contributed by atoms with E-state index in [1.54, 1.807) is 0 Å². The van der Waals surface area contributed by atoms with Gasteiger partial charge in [0, 0.05) is 11.5 Å². The molecule has 0 aromatic carbocycles. The molecule has 0 aromatic rings. The molecule has 5 nitrogen and oxygen atoms in total. The van der Waals surface area contributed by atoms with Crippen LogP contribution in [0.5, 0.6) is 0 Å². The van der Waals surface area contributed by atoms with Crippen molar-refractivity contribution in [3.63, 3.8) is 0 Å². The molecule has 1 amide bonds. The Morgan fingerprint density at radius 1 is 1.58 bits per heavy atom. The molecule has 0 aliphatic carbocycles. The first-order valence-electron chi connectivity index (χ1n) is 6.51. The van der Waals surface area contributed by atoms with E-state index in [4.69, 9.17) is 10.1 Å². The maximum atomic E-state index is 12.4. The lowest BCUT2D eigenvalue weighted by Gasteiger charge is -2.29. The van der Waals surface area contributed by atoms with Gasteiger partial charge in [0.1, 0.15) is 7.05 Å². The lowest BCUT2D eigenvalue weighted by atomic mass is 9.92. The van der Waals surface area contributed by atoms with Gasteiger partial charge in [-0.15, -0.1) is 0 Å². The summed E-state index contributed by atoms with van der Waals surface area (Å²) in [4.78, 5) is 17.9. The van der Waals surface area contributed by atoms with Gasteiger partial charge in [-0.3, -0.25) is 9.63 Å². The highest BCUT2D eigenvalue weighted by molar-refractivity contribution is 5.81. The third-order valence-corrected chi connectivity index (χ3v) is 3.47. The van der Waals surface area contributed by atoms with E-state index in [1.165, 1.54) is 5.06 Å². The maximum Gasteiger partial charge on any atom is 0.279 e. The van der Waals surface area contributed by atoms with Crippen LogP contribution >= 0.6 is 0 Å². The van der Waals surface area contributed by atoms with Crippen molar-refractivity contribution in [3.05, 3.63) is 11.8 Å². The minimum atomic E-state index is -0.463. The van der Waals surface area contributed by atoms with Crippen LogP contribution in [-0.4, -0.2) is 41.5 Å². The van der Waals surface area contributed by atoms with Gasteiger partial charge in [0.25, 0.3) is 11.6 Å². The number of amides is 1. The van der Waals surface area contributed by atoms with Gasteiger partial charge in [0.15, 0.2) is 12.3 Å². The molecule has 2 atom stereocenters. The first kappa shape index (κ1) is 13.8. The Morgan fingerprint density at radius 2 is 2.26 bits per heavy atom. The summed E-state index contributed by atoms with van der Waals surface area (Å²) in [6.45, 7) is 6.20. The lowest BCUT2D eigenvalue weighted by molar-refractivity contribution is -0.429. The number of carbonyl (C=O) groups excluding carboxylic acids is 1. The number of hydrogen-bond donors (Lipinski definition) is 0. The number of hydrogen-bond acceptors (Lipinski definition) is 3. The first-order chi connectivity index (χ1) is 8.84. The molecule has 0 radical (unpaired) electrons. The van der Waals surface area contributed by atoms with Crippen LogP contribution < -0.4 is 0 Å². The molecule has 2 aliphatic rings. The second-order valence-corrected chi connectivity index (χ2v) is 6.07. The van der Waals surface area contributed by atoms with Crippen LogP contribution in [0.2, 0.25) is 0 Å². The molecule has 5 heteroatoms. The highest BCUT2D eigenvalue weighted by Gasteiger charge is 2.42. The van der Waals surface area contributed by atoms with Crippen LogP contribution in [-0.2, 0) is 9.63 Å². The second-order valence-electron chi connectivity index (χ2n) is 6.07. The predicted octanol–water partition coefficient (Wildman–Crippen LogP) is 1.32. The molecule has 0 saturated carbocycles. The van der Waals surface area contributed by atoms with Crippen LogP contribution in [0.15, 0.2) is 11.8 Å². The van der Waals surface area contributed by atoms with Gasteiger partial charge in [-0.25, -0.2) is 5.06 Å². The fourth-order valence-corrected chi connectivity index (χ4v) is 2.38. The number of carbonyl (C=O) groups is 1. The highest BCUT2D eigenvalue weighted by Crippen LogP contribution is 2.30. The molecule has 2 heterocycles. The molecule has 102 valence electrons. The number of rotatable bonds is 1. The first-order valence-corrected chi connectivity index (χ1v) is 6.51. The summed E-state index contributed by atoms with van der Waals surface area (Å²) in [7, 11) is 1.85. The monoisotopic (exact) mass is 262 g/mol. The van der Waals surface area contributed by atoms with Gasteiger partial charge in [0.2, 0.25) is 0 Å². The molecule has 0 bridgehead atoms. The minimum absolute atomic E-state index is 0.00939. The van der Waals surface area contributed by atoms with Gasteiger partial charge in [0.05, 0.1) is 18.6 Å². The molecular weight excluding hydrogens is 242 g/mol. The quantitative estimate of drug-likeness (QED) is 0.670. The number of nitriles is 1. The minimum Gasteiger partial charge on any atom is -0.272 e. The zero-order valence-electron chi connectivity index (χ0n) is 11.9. The molecule has 2 aliphatic heterocycles. The summed E-state index contributed by atoms with van der Waals surface area (Å²) in [5.41, 5.74) is 0.162. The second kappa shape index (κ2) is 4.78. The molecule has 0 spiro atoms. The zero-order chi connectivity index (χ0) is 14.2. The Hall–Kier alpha value is -1.67. The van der Waals surface area contributed by atoms with Crippen molar-refractivity contribution < 1.29 is 14.2 Å². The summed E-state index contributed by atoms with van der Waals surface area (Å²) < 4.78 is 1.81. The summed E-state index contributed by atoms with van der Waals surface area (Å²) in [6, 6.07) is 2.14. The average molecular weight is 262 g/mol. The number of nitrogens with zero attached hydrogens (tertiary/aromatic N) is 3. The number of hydroxylamine groups is 2. The van der Waals surface area contributed by atoms with Crippen molar-refractivity contribution in [2.24, 2.45) is 11.3 Å². The third kappa shape index (κ3) is 2.54. The molecule has 1 saturated heterocycles. The van der Waals surface area contributed by atoms with Gasteiger partial charge >= 0.3 is 0 Å². The standard InChI is InChI=1S/C14H20N3O2/c1-14(2,3)13(18)17-12(5-6-19-17)10-7-11(8-15)16(4)9-10/h7,9-10,12H,5-6H2,1-4H3/q+1/t10?,12-/m0/s1. The zero-order valence-corrected chi connectivity index (χ0v) is 11.9. The third-order valence-electron chi connectivity index (χ3n) is 3.47. The van der Waals surface area contributed by atoms with E-state index < -0.39 is 5.41 Å². The smallest absolute Gasteiger partial charge is 0.272 e. The van der Waals surface area contributed by atoms with Gasteiger partial charge in [-0.2, -0.15) is 9.84 Å². The van der Waals surface area contributed by atoms with E-state index in [0.29, 0.717) is 12.3 Å². The Morgan fingerprint density at radius 3 is 2.79 bits per heavy atom. The molecule has 0 aromatic heterocycles. The van der Waals surface area contributed by atoms with Gasteiger partial charge < -0.3 is 0 Å². The fraction of sp³-hybridized carbons (Fsp3) is 0.643. The largest absolute Gasteiger partial charge is 0.279 e. The van der Waals surface area contributed by atoms with E-state index in [1.807, 2.05) is 44.7 Å². The Kier molecular flexibility index (Phi) is 3.46. The van der Waals surface area contributed by atoms with Crippen molar-refractivity contribution in [2.45, 2.75) is 33.2 Å². The van der Waals surface area contributed by atoms with Gasteiger partial charge in [-0.05, 0) is 6.42 Å². The summed E-state index contributed by atoms with van der Waals surface area (Å²) in [5, 5.41) is 10.5. The maximum absolute atomic E-state index is 12.4. The van der Waals surface area contributed by atoms with Crippen LogP contribution in [0.4, 0.5) is 0 Å². The molecule has 0 N–H and O–H groups in total. The van der Waals surface area contributed by atoms with E-state index in [-0.39, 0.29) is 17.9 Å². The average Bonchev–Trinajstić information content (AvgIpc) is 2.92. The summed E-state index contributed by atoms with van der Waals surface area (Å²) >= 11 is 0. The fourth-order valence-electron chi connectivity index (χ4n) is 2.38. The molecule has 1 fully saturated rings. The Bertz CT molecular complexity index is 494. The predicted molar refractivity (Wildman–Crippen MR) is 70.1 cm³/mol. The van der Waals surface area contributed by atoms with Crippen molar-refractivity contribution >= 4 is 12.1 Å². The van der Waals surface area contributed by atoms with Crippen molar-refractivity contribution in [2.75, 3.05) is 13.7 Å². The topological polar surface area (TPSA) is 56.3 Å². The van der Waals surface area contributed by atoms with Crippen LogP contribution in [0, 0.1) is 22.7 Å². The van der Waals surface area contributed by atoms with E-state index in [9.17, 15) is 4.79 Å². The van der Waals surface area contributed by atoms with Crippen LogP contribution in [0.1, 0.15) is 27.2 Å². The SMILES string of the molecule is C[N+]1=CC([C@@H]2CCON2C(=O)C(C)(C)C)C=C1C#N. The number of allylic oxidation sites excluding steroid dienone is 1. The summed E-state index contributed by atoms with van der Waals surface area (Å²) in [5.74, 6) is 0.0401. The van der Waals surface area contributed by atoms with Crippen LogP contribution in [0.3, 0.4) is 0 Å². The van der Waals surface area contributed by atoms with E-state index in [2.05, 4.69) is 6.07 Å². The normalized spacial score (nSPS) is 27.0. The highest BCUT2D eigenvalue weighted by atomic mass is 16.7. The van der Waals surface area contributed by atoms with Crippen molar-refractivity contribution in [1.29, 1.82) is 5.26 Å².